The van der Waals surface area contributed by atoms with Gasteiger partial charge in [-0.25, -0.2) is 0 Å². The predicted molar refractivity (Wildman–Crippen MR) is 63.9 cm³/mol. The molecule has 0 aromatic heterocycles. The van der Waals surface area contributed by atoms with Gasteiger partial charge in [0.1, 0.15) is 0 Å². The molecule has 0 saturated carbocycles. The number of nitrogen functional groups attached to an aromatic ring is 1. The third-order valence-corrected chi connectivity index (χ3v) is 2.18. The maximum Gasteiger partial charge on any atom is 0.229 e. The number of benzene rings is 1. The molecular weight excluding hydrogens is 212 g/mol. The van der Waals surface area contributed by atoms with Crippen molar-refractivity contribution in [1.29, 1.82) is 0 Å². The van der Waals surface area contributed by atoms with Crippen LogP contribution in [0.5, 0.6) is 0 Å². The van der Waals surface area contributed by atoms with Gasteiger partial charge in [-0.3, -0.25) is 4.79 Å². The quantitative estimate of drug-likeness (QED) is 0.724. The minimum Gasteiger partial charge on any atom is -0.397 e. The molecule has 0 aliphatic heterocycles. The van der Waals surface area contributed by atoms with Crippen LogP contribution < -0.4 is 11.1 Å². The highest BCUT2D eigenvalue weighted by Gasteiger charge is 2.21. The second-order valence-electron chi connectivity index (χ2n) is 4.44. The van der Waals surface area contributed by atoms with Crippen LogP contribution in [0, 0.1) is 5.41 Å². The summed E-state index contributed by atoms with van der Waals surface area (Å²) in [6.45, 7) is 5.53. The number of halogens is 1. The maximum atomic E-state index is 11.7. The van der Waals surface area contributed by atoms with E-state index in [4.69, 9.17) is 17.3 Å². The van der Waals surface area contributed by atoms with Crippen molar-refractivity contribution in [3.63, 3.8) is 0 Å². The molecule has 0 fully saturated rings. The van der Waals surface area contributed by atoms with E-state index in [0.717, 1.165) is 0 Å². The Morgan fingerprint density at radius 3 is 2.47 bits per heavy atom. The summed E-state index contributed by atoms with van der Waals surface area (Å²) in [6.07, 6.45) is 0. The van der Waals surface area contributed by atoms with Crippen LogP contribution in [0.1, 0.15) is 20.8 Å². The Labute approximate surface area is 94.6 Å². The molecule has 4 heteroatoms. The van der Waals surface area contributed by atoms with Crippen LogP contribution in [-0.4, -0.2) is 5.91 Å². The molecule has 3 nitrogen and oxygen atoms in total. The third kappa shape index (κ3) is 3.13. The lowest BCUT2D eigenvalue weighted by molar-refractivity contribution is -0.123. The van der Waals surface area contributed by atoms with Crippen molar-refractivity contribution in [2.75, 3.05) is 11.1 Å². The Balaban J connectivity index is 2.87. The van der Waals surface area contributed by atoms with Gasteiger partial charge < -0.3 is 11.1 Å². The van der Waals surface area contributed by atoms with Gasteiger partial charge in [-0.05, 0) is 18.2 Å². The minimum absolute atomic E-state index is 0.0727. The zero-order valence-corrected chi connectivity index (χ0v) is 9.85. The van der Waals surface area contributed by atoms with E-state index in [0.29, 0.717) is 16.4 Å². The highest BCUT2D eigenvalue weighted by Crippen LogP contribution is 2.24. The molecule has 15 heavy (non-hydrogen) atoms. The third-order valence-electron chi connectivity index (χ3n) is 1.94. The maximum absolute atomic E-state index is 11.7. The van der Waals surface area contributed by atoms with E-state index in [-0.39, 0.29) is 5.91 Å². The summed E-state index contributed by atoms with van der Waals surface area (Å²) in [5.41, 5.74) is 6.34. The monoisotopic (exact) mass is 226 g/mol. The summed E-state index contributed by atoms with van der Waals surface area (Å²) in [7, 11) is 0. The molecule has 0 unspecified atom stereocenters. The van der Waals surface area contributed by atoms with Crippen LogP contribution >= 0.6 is 11.6 Å². The second-order valence-corrected chi connectivity index (χ2v) is 4.87. The number of hydrogen-bond donors (Lipinski definition) is 2. The van der Waals surface area contributed by atoms with Crippen molar-refractivity contribution in [3.05, 3.63) is 23.2 Å². The van der Waals surface area contributed by atoms with Crippen LogP contribution in [0.4, 0.5) is 11.4 Å². The zero-order valence-electron chi connectivity index (χ0n) is 9.10. The summed E-state index contributed by atoms with van der Waals surface area (Å²) in [4.78, 5) is 11.7. The van der Waals surface area contributed by atoms with Crippen molar-refractivity contribution in [1.82, 2.24) is 0 Å². The van der Waals surface area contributed by atoms with Crippen LogP contribution in [0.15, 0.2) is 18.2 Å². The van der Waals surface area contributed by atoms with Gasteiger partial charge in [-0.15, -0.1) is 0 Å². The van der Waals surface area contributed by atoms with E-state index in [1.165, 1.54) is 0 Å². The van der Waals surface area contributed by atoms with Gasteiger partial charge in [0, 0.05) is 10.4 Å². The first-order chi connectivity index (χ1) is 6.80. The molecule has 0 radical (unpaired) electrons. The van der Waals surface area contributed by atoms with Gasteiger partial charge in [0.05, 0.1) is 11.4 Å². The zero-order chi connectivity index (χ0) is 11.6. The van der Waals surface area contributed by atoms with E-state index in [1.54, 1.807) is 18.2 Å². The van der Waals surface area contributed by atoms with Crippen LogP contribution in [0.2, 0.25) is 5.02 Å². The Hall–Kier alpha value is -1.22. The molecule has 0 atom stereocenters. The number of hydrogen-bond acceptors (Lipinski definition) is 2. The number of anilines is 2. The summed E-state index contributed by atoms with van der Waals surface area (Å²) in [6, 6.07) is 5.00. The molecule has 0 aliphatic carbocycles. The number of rotatable bonds is 1. The van der Waals surface area contributed by atoms with Gasteiger partial charge in [0.25, 0.3) is 0 Å². The molecule has 0 saturated heterocycles. The fourth-order valence-corrected chi connectivity index (χ4v) is 1.14. The highest BCUT2D eigenvalue weighted by atomic mass is 35.5. The van der Waals surface area contributed by atoms with Crippen LogP contribution in [-0.2, 0) is 4.79 Å². The van der Waals surface area contributed by atoms with Gasteiger partial charge >= 0.3 is 0 Å². The molecule has 0 spiro atoms. The smallest absolute Gasteiger partial charge is 0.229 e. The minimum atomic E-state index is -0.438. The molecule has 0 bridgehead atoms. The van der Waals surface area contributed by atoms with Crippen molar-refractivity contribution in [2.24, 2.45) is 5.41 Å². The van der Waals surface area contributed by atoms with E-state index in [9.17, 15) is 4.79 Å². The molecule has 1 amide bonds. The normalized spacial score (nSPS) is 11.2. The van der Waals surface area contributed by atoms with E-state index in [1.807, 2.05) is 20.8 Å². The standard InChI is InChI=1S/C11H15ClN2O/c1-11(2,3)10(15)14-9-5-4-7(12)6-8(9)13/h4-6H,13H2,1-3H3,(H,14,15). The number of carbonyl (C=O) groups is 1. The van der Waals surface area contributed by atoms with Crippen LogP contribution in [0.25, 0.3) is 0 Å². The summed E-state index contributed by atoms with van der Waals surface area (Å²) >= 11 is 5.75. The van der Waals surface area contributed by atoms with Gasteiger partial charge in [0.15, 0.2) is 0 Å². The Kier molecular flexibility index (Phi) is 3.25. The Morgan fingerprint density at radius 1 is 1.40 bits per heavy atom. The van der Waals surface area contributed by atoms with Crippen molar-refractivity contribution in [3.8, 4) is 0 Å². The van der Waals surface area contributed by atoms with Crippen LogP contribution in [0.3, 0.4) is 0 Å². The first-order valence-electron chi connectivity index (χ1n) is 4.67. The number of carbonyl (C=O) groups excluding carboxylic acids is 1. The number of nitrogens with two attached hydrogens (primary N) is 1. The molecule has 82 valence electrons. The van der Waals surface area contributed by atoms with E-state index >= 15 is 0 Å². The molecule has 3 N–H and O–H groups in total. The first-order valence-corrected chi connectivity index (χ1v) is 5.05. The van der Waals surface area contributed by atoms with E-state index in [2.05, 4.69) is 5.32 Å². The first kappa shape index (κ1) is 11.9. The average Bonchev–Trinajstić information content (AvgIpc) is 2.08. The van der Waals surface area contributed by atoms with Gasteiger partial charge in [0.2, 0.25) is 5.91 Å². The number of amides is 1. The summed E-state index contributed by atoms with van der Waals surface area (Å²) in [5.74, 6) is -0.0727. The second kappa shape index (κ2) is 4.11. The molecule has 1 aromatic carbocycles. The average molecular weight is 227 g/mol. The SMILES string of the molecule is CC(C)(C)C(=O)Nc1ccc(Cl)cc1N. The van der Waals surface area contributed by atoms with E-state index < -0.39 is 5.41 Å². The molecule has 0 heterocycles. The lowest BCUT2D eigenvalue weighted by atomic mass is 9.95. The predicted octanol–water partition coefficient (Wildman–Crippen LogP) is 2.91. The summed E-state index contributed by atoms with van der Waals surface area (Å²) in [5, 5.41) is 3.31. The molecule has 1 aromatic rings. The lowest BCUT2D eigenvalue weighted by Gasteiger charge is -2.18. The highest BCUT2D eigenvalue weighted by molar-refractivity contribution is 6.31. The Morgan fingerprint density at radius 2 is 2.00 bits per heavy atom. The lowest BCUT2D eigenvalue weighted by Crippen LogP contribution is -2.27. The number of nitrogens with one attached hydrogen (secondary N) is 1. The van der Waals surface area contributed by atoms with Gasteiger partial charge in [-0.1, -0.05) is 32.4 Å². The summed E-state index contributed by atoms with van der Waals surface area (Å²) < 4.78 is 0. The molecule has 0 aliphatic rings. The molecule has 1 rings (SSSR count). The van der Waals surface area contributed by atoms with Crippen molar-refractivity contribution >= 4 is 28.9 Å². The fourth-order valence-electron chi connectivity index (χ4n) is 0.957. The molecular formula is C11H15ClN2O. The van der Waals surface area contributed by atoms with Crippen molar-refractivity contribution < 1.29 is 4.79 Å². The fraction of sp³-hybridized carbons (Fsp3) is 0.364. The van der Waals surface area contributed by atoms with Crippen molar-refractivity contribution in [2.45, 2.75) is 20.8 Å². The Bertz CT molecular complexity index is 383. The topological polar surface area (TPSA) is 55.1 Å². The largest absolute Gasteiger partial charge is 0.397 e. The van der Waals surface area contributed by atoms with Gasteiger partial charge in [-0.2, -0.15) is 0 Å².